The van der Waals surface area contributed by atoms with Crippen molar-refractivity contribution in [2.75, 3.05) is 40.6 Å². The quantitative estimate of drug-likeness (QED) is 0.339. The van der Waals surface area contributed by atoms with Crippen LogP contribution in [0.3, 0.4) is 0 Å². The van der Waals surface area contributed by atoms with Gasteiger partial charge in [-0.15, -0.1) is 0 Å². The van der Waals surface area contributed by atoms with Gasteiger partial charge in [-0.05, 0) is 26.2 Å². The largest absolute Gasteiger partial charge is 0.461 e. The van der Waals surface area contributed by atoms with Gasteiger partial charge in [0.1, 0.15) is 6.61 Å². The number of rotatable bonds is 10. The van der Waals surface area contributed by atoms with E-state index in [9.17, 15) is 9.59 Å². The Morgan fingerprint density at radius 3 is 2.45 bits per heavy atom. The lowest BCUT2D eigenvalue weighted by atomic mass is 9.98. The monoisotopic (exact) mass is 318 g/mol. The van der Waals surface area contributed by atoms with Crippen LogP contribution in [0.2, 0.25) is 0 Å². The van der Waals surface area contributed by atoms with Crippen LogP contribution in [0.4, 0.5) is 0 Å². The Morgan fingerprint density at radius 1 is 1.14 bits per heavy atom. The highest BCUT2D eigenvalue weighted by atomic mass is 16.7. The number of carbonyl (C=O) groups excluding carboxylic acids is 2. The van der Waals surface area contributed by atoms with Gasteiger partial charge in [0.2, 0.25) is 5.60 Å². The maximum Gasteiger partial charge on any atom is 0.346 e. The van der Waals surface area contributed by atoms with Crippen molar-refractivity contribution in [3.63, 3.8) is 0 Å². The van der Waals surface area contributed by atoms with E-state index in [2.05, 4.69) is 0 Å². The molecule has 128 valence electrons. The molecule has 7 nitrogen and oxygen atoms in total. The van der Waals surface area contributed by atoms with Crippen LogP contribution in [0.25, 0.3) is 0 Å². The minimum Gasteiger partial charge on any atom is -0.461 e. The minimum atomic E-state index is -1.69. The molecule has 0 aliphatic carbocycles. The molecule has 22 heavy (non-hydrogen) atoms. The van der Waals surface area contributed by atoms with Gasteiger partial charge in [-0.3, -0.25) is 4.79 Å². The van der Waals surface area contributed by atoms with Gasteiger partial charge < -0.3 is 23.7 Å². The predicted molar refractivity (Wildman–Crippen MR) is 77.4 cm³/mol. The summed E-state index contributed by atoms with van der Waals surface area (Å²) in [6, 6.07) is 0. The van der Waals surface area contributed by atoms with Crippen LogP contribution in [0, 0.1) is 0 Å². The van der Waals surface area contributed by atoms with Crippen molar-refractivity contribution in [3.8, 4) is 0 Å². The van der Waals surface area contributed by atoms with E-state index < -0.39 is 17.9 Å². The minimum absolute atomic E-state index is 0.0668. The predicted octanol–water partition coefficient (Wildman–Crippen LogP) is 1.08. The first-order chi connectivity index (χ1) is 10.5. The summed E-state index contributed by atoms with van der Waals surface area (Å²) in [6.07, 6.45) is 2.04. The summed E-state index contributed by atoms with van der Waals surface area (Å²) >= 11 is 0. The highest BCUT2D eigenvalue weighted by Gasteiger charge is 2.45. The van der Waals surface area contributed by atoms with Crippen LogP contribution >= 0.6 is 0 Å². The highest BCUT2D eigenvalue weighted by Crippen LogP contribution is 2.24. The Labute approximate surface area is 131 Å². The lowest BCUT2D eigenvalue weighted by Crippen LogP contribution is -2.51. The molecule has 0 amide bonds. The maximum absolute atomic E-state index is 12.4. The molecule has 7 heteroatoms. The molecule has 1 heterocycles. The zero-order valence-corrected chi connectivity index (χ0v) is 13.6. The van der Waals surface area contributed by atoms with E-state index in [-0.39, 0.29) is 32.0 Å². The molecule has 1 fully saturated rings. The molecule has 0 N–H and O–H groups in total. The molecular weight excluding hydrogens is 292 g/mol. The Hall–Kier alpha value is -1.02. The molecule has 1 aliphatic heterocycles. The first kappa shape index (κ1) is 19.0. The Bertz CT molecular complexity index is 352. The fourth-order valence-corrected chi connectivity index (χ4v) is 2.08. The number of ether oxygens (including phenoxy) is 5. The van der Waals surface area contributed by atoms with Gasteiger partial charge in [0.15, 0.2) is 12.1 Å². The third-order valence-corrected chi connectivity index (χ3v) is 3.48. The number of hydrogen-bond donors (Lipinski definition) is 0. The molecule has 0 aromatic carbocycles. The van der Waals surface area contributed by atoms with Gasteiger partial charge in [-0.25, -0.2) is 4.79 Å². The van der Waals surface area contributed by atoms with Crippen molar-refractivity contribution in [3.05, 3.63) is 0 Å². The van der Waals surface area contributed by atoms with Crippen LogP contribution in [-0.4, -0.2) is 64.3 Å². The molecule has 1 saturated heterocycles. The SMILES string of the molecule is COCCOC(=O)C(C)(OC1CCCCO1)C(=O)CCOC. The molecule has 2 unspecified atom stereocenters. The fraction of sp³-hybridized carbons (Fsp3) is 0.867. The molecule has 0 bridgehead atoms. The van der Waals surface area contributed by atoms with Crippen LogP contribution in [-0.2, 0) is 33.3 Å². The number of methoxy groups -OCH3 is 2. The second-order valence-electron chi connectivity index (χ2n) is 5.24. The first-order valence-electron chi connectivity index (χ1n) is 7.52. The van der Waals surface area contributed by atoms with Crippen molar-refractivity contribution in [1.82, 2.24) is 0 Å². The third-order valence-electron chi connectivity index (χ3n) is 3.48. The standard InChI is InChI=1S/C15H26O7/c1-15(12(16)7-9-18-2,14(17)21-11-10-19-3)22-13-6-4-5-8-20-13/h13H,4-11H2,1-3H3. The molecule has 1 rings (SSSR count). The van der Waals surface area contributed by atoms with Gasteiger partial charge in [0, 0.05) is 27.2 Å². The zero-order valence-electron chi connectivity index (χ0n) is 13.6. The lowest BCUT2D eigenvalue weighted by molar-refractivity contribution is -0.228. The number of esters is 1. The Morgan fingerprint density at radius 2 is 1.86 bits per heavy atom. The van der Waals surface area contributed by atoms with Crippen LogP contribution < -0.4 is 0 Å². The fourth-order valence-electron chi connectivity index (χ4n) is 2.08. The Balaban J connectivity index is 2.72. The van der Waals surface area contributed by atoms with Gasteiger partial charge in [0.25, 0.3) is 0 Å². The molecule has 0 aromatic heterocycles. The summed E-state index contributed by atoms with van der Waals surface area (Å²) in [7, 11) is 3.00. The van der Waals surface area contributed by atoms with Crippen LogP contribution in [0.5, 0.6) is 0 Å². The number of ketones is 1. The van der Waals surface area contributed by atoms with E-state index in [1.165, 1.54) is 21.1 Å². The van der Waals surface area contributed by atoms with Crippen LogP contribution in [0.15, 0.2) is 0 Å². The van der Waals surface area contributed by atoms with Gasteiger partial charge >= 0.3 is 5.97 Å². The summed E-state index contributed by atoms with van der Waals surface area (Å²) in [4.78, 5) is 24.7. The average molecular weight is 318 g/mol. The van der Waals surface area contributed by atoms with E-state index >= 15 is 0 Å². The molecular formula is C15H26O7. The number of hydrogen-bond acceptors (Lipinski definition) is 7. The van der Waals surface area contributed by atoms with Crippen molar-refractivity contribution in [2.24, 2.45) is 0 Å². The number of carbonyl (C=O) groups is 2. The molecule has 0 saturated carbocycles. The molecule has 2 atom stereocenters. The van der Waals surface area contributed by atoms with E-state index in [1.807, 2.05) is 0 Å². The maximum atomic E-state index is 12.4. The summed E-state index contributed by atoms with van der Waals surface area (Å²) in [5, 5.41) is 0. The third kappa shape index (κ3) is 5.64. The summed E-state index contributed by atoms with van der Waals surface area (Å²) in [5.41, 5.74) is -1.69. The van der Waals surface area contributed by atoms with Crippen molar-refractivity contribution >= 4 is 11.8 Å². The second-order valence-corrected chi connectivity index (χ2v) is 5.24. The summed E-state index contributed by atoms with van der Waals surface area (Å²) in [5.74, 6) is -1.11. The van der Waals surface area contributed by atoms with Gasteiger partial charge in [-0.1, -0.05) is 0 Å². The van der Waals surface area contributed by atoms with E-state index in [1.54, 1.807) is 0 Å². The number of Topliss-reactive ketones (excluding diaryl/α,β-unsaturated/α-hetero) is 1. The normalized spacial score (nSPS) is 21.1. The average Bonchev–Trinajstić information content (AvgIpc) is 2.53. The Kier molecular flexibility index (Phi) is 8.55. The van der Waals surface area contributed by atoms with E-state index in [0.717, 1.165) is 12.8 Å². The van der Waals surface area contributed by atoms with Crippen LogP contribution in [0.1, 0.15) is 32.6 Å². The van der Waals surface area contributed by atoms with E-state index in [4.69, 9.17) is 23.7 Å². The topological polar surface area (TPSA) is 80.3 Å². The zero-order chi connectivity index (χ0) is 16.4. The lowest BCUT2D eigenvalue weighted by Gasteiger charge is -2.32. The van der Waals surface area contributed by atoms with E-state index in [0.29, 0.717) is 13.0 Å². The van der Waals surface area contributed by atoms with Crippen molar-refractivity contribution < 1.29 is 33.3 Å². The molecule has 1 aliphatic rings. The smallest absolute Gasteiger partial charge is 0.346 e. The molecule has 0 spiro atoms. The van der Waals surface area contributed by atoms with Crippen molar-refractivity contribution in [1.29, 1.82) is 0 Å². The highest BCUT2D eigenvalue weighted by molar-refractivity contribution is 6.06. The van der Waals surface area contributed by atoms with Crippen molar-refractivity contribution in [2.45, 2.75) is 44.5 Å². The second kappa shape index (κ2) is 9.89. The summed E-state index contributed by atoms with van der Waals surface area (Å²) < 4.78 is 26.0. The molecule has 0 radical (unpaired) electrons. The summed E-state index contributed by atoms with van der Waals surface area (Å²) in [6.45, 7) is 2.53. The first-order valence-corrected chi connectivity index (χ1v) is 7.52. The van der Waals surface area contributed by atoms with Gasteiger partial charge in [0.05, 0.1) is 13.2 Å². The van der Waals surface area contributed by atoms with Gasteiger partial charge in [-0.2, -0.15) is 0 Å². The molecule has 0 aromatic rings.